The quantitative estimate of drug-likeness (QED) is 0.519. The maximum absolute atomic E-state index is 14.1. The number of hydrogen-bond acceptors (Lipinski definition) is 5. The van der Waals surface area contributed by atoms with Crippen molar-refractivity contribution >= 4 is 50.7 Å². The molecule has 3 aromatic rings. The number of aromatic nitrogens is 1. The summed E-state index contributed by atoms with van der Waals surface area (Å²) in [5, 5.41) is 0.833. The van der Waals surface area contributed by atoms with E-state index in [1.807, 2.05) is 6.07 Å². The highest BCUT2D eigenvalue weighted by atomic mass is 35.5. The minimum Gasteiger partial charge on any atom is -0.466 e. The molecule has 0 spiro atoms. The zero-order valence-electron chi connectivity index (χ0n) is 16.0. The van der Waals surface area contributed by atoms with Crippen LogP contribution < -0.4 is 4.90 Å². The Morgan fingerprint density at radius 2 is 2.13 bits per heavy atom. The molecule has 1 aliphatic rings. The molecule has 4 rings (SSSR count). The zero-order chi connectivity index (χ0) is 21.4. The van der Waals surface area contributed by atoms with E-state index in [1.54, 1.807) is 19.1 Å². The van der Waals surface area contributed by atoms with Crippen molar-refractivity contribution in [1.82, 2.24) is 4.98 Å². The third-order valence-corrected chi connectivity index (χ3v) is 6.24. The van der Waals surface area contributed by atoms with Crippen LogP contribution in [-0.2, 0) is 27.3 Å². The number of fused-ring (bicyclic) bond motifs is 2. The summed E-state index contributed by atoms with van der Waals surface area (Å²) in [5.41, 5.74) is 1.31. The summed E-state index contributed by atoms with van der Waals surface area (Å²) < 4.78 is 33.1. The topological polar surface area (TPSA) is 59.5 Å². The Labute approximate surface area is 180 Å². The molecule has 5 nitrogen and oxygen atoms in total. The van der Waals surface area contributed by atoms with Crippen LogP contribution in [0.5, 0.6) is 0 Å². The van der Waals surface area contributed by atoms with Gasteiger partial charge in [0.25, 0.3) is 0 Å². The summed E-state index contributed by atoms with van der Waals surface area (Å²) in [5.74, 6) is -3.32. The highest BCUT2D eigenvalue weighted by Crippen LogP contribution is 2.39. The van der Waals surface area contributed by atoms with Gasteiger partial charge in [0.2, 0.25) is 5.91 Å². The van der Waals surface area contributed by atoms with Crippen LogP contribution >= 0.6 is 22.9 Å². The highest BCUT2D eigenvalue weighted by molar-refractivity contribution is 7.18. The van der Waals surface area contributed by atoms with Gasteiger partial charge in [0.05, 0.1) is 40.9 Å². The second-order valence-electron chi connectivity index (χ2n) is 6.90. The van der Waals surface area contributed by atoms with E-state index < -0.39 is 23.5 Å². The Morgan fingerprint density at radius 3 is 2.90 bits per heavy atom. The number of thiazole rings is 1. The molecule has 9 heteroatoms. The number of ether oxygens (including phenoxy) is 1. The first kappa shape index (κ1) is 20.7. The van der Waals surface area contributed by atoms with Crippen LogP contribution in [0.15, 0.2) is 30.3 Å². The number of esters is 1. The summed E-state index contributed by atoms with van der Waals surface area (Å²) >= 11 is 7.56. The first-order chi connectivity index (χ1) is 14.4. The average Bonchev–Trinajstić information content (AvgIpc) is 3.12. The van der Waals surface area contributed by atoms with Crippen LogP contribution in [0.4, 0.5) is 14.5 Å². The van der Waals surface area contributed by atoms with Crippen molar-refractivity contribution in [3.63, 3.8) is 0 Å². The van der Waals surface area contributed by atoms with Crippen molar-refractivity contribution < 1.29 is 23.1 Å². The van der Waals surface area contributed by atoms with Gasteiger partial charge in [-0.3, -0.25) is 9.59 Å². The number of anilines is 1. The summed E-state index contributed by atoms with van der Waals surface area (Å²) in [6.07, 6.45) is 0.318. The Morgan fingerprint density at radius 1 is 1.33 bits per heavy atom. The lowest BCUT2D eigenvalue weighted by Crippen LogP contribution is -2.42. The molecular weight excluding hydrogens is 434 g/mol. The smallest absolute Gasteiger partial charge is 0.306 e. The molecule has 1 amide bonds. The van der Waals surface area contributed by atoms with E-state index in [0.717, 1.165) is 11.6 Å². The Bertz CT molecular complexity index is 1150. The van der Waals surface area contributed by atoms with Crippen LogP contribution in [0.2, 0.25) is 5.02 Å². The van der Waals surface area contributed by atoms with Gasteiger partial charge in [-0.05, 0) is 37.1 Å². The van der Waals surface area contributed by atoms with E-state index in [-0.39, 0.29) is 31.0 Å². The first-order valence-corrected chi connectivity index (χ1v) is 10.6. The minimum absolute atomic E-state index is 0.0370. The maximum Gasteiger partial charge on any atom is 0.306 e. The molecule has 30 heavy (non-hydrogen) atoms. The summed E-state index contributed by atoms with van der Waals surface area (Å²) in [4.78, 5) is 30.9. The van der Waals surface area contributed by atoms with Crippen LogP contribution in [0.3, 0.4) is 0 Å². The van der Waals surface area contributed by atoms with Gasteiger partial charge < -0.3 is 9.64 Å². The maximum atomic E-state index is 14.1. The van der Waals surface area contributed by atoms with Crippen molar-refractivity contribution in [3.05, 3.63) is 57.6 Å². The van der Waals surface area contributed by atoms with Gasteiger partial charge in [0, 0.05) is 0 Å². The molecule has 0 N–H and O–H groups in total. The molecule has 0 aliphatic carbocycles. The van der Waals surface area contributed by atoms with Crippen molar-refractivity contribution in [2.45, 2.75) is 26.3 Å². The lowest BCUT2D eigenvalue weighted by Gasteiger charge is -2.34. The van der Waals surface area contributed by atoms with Crippen LogP contribution in [-0.4, -0.2) is 23.5 Å². The molecule has 0 bridgehead atoms. The van der Waals surface area contributed by atoms with E-state index in [1.165, 1.54) is 22.3 Å². The Kier molecular flexibility index (Phi) is 5.71. The number of nitrogens with zero attached hydrogens (tertiary/aromatic N) is 2. The van der Waals surface area contributed by atoms with Crippen molar-refractivity contribution in [2.24, 2.45) is 5.92 Å². The van der Waals surface area contributed by atoms with Crippen molar-refractivity contribution in [1.29, 1.82) is 0 Å². The number of rotatable bonds is 5. The van der Waals surface area contributed by atoms with Crippen molar-refractivity contribution in [2.75, 3.05) is 11.5 Å². The predicted molar refractivity (Wildman–Crippen MR) is 111 cm³/mol. The molecule has 1 unspecified atom stereocenters. The molecule has 1 aliphatic heterocycles. The monoisotopic (exact) mass is 450 g/mol. The standard InChI is InChI=1S/C21H17ClF2N2O3S/c1-2-29-17(27)9-12-8-11-4-3-5-13(22)20(11)26(21(12)28)10-16-25-19-15(30-16)7-6-14(23)18(19)24/h3-7,12H,2,8-10H2,1H3. The fraction of sp³-hybridized carbons (Fsp3) is 0.286. The average molecular weight is 451 g/mol. The molecule has 2 heterocycles. The largest absolute Gasteiger partial charge is 0.466 e. The molecule has 0 fully saturated rings. The number of carbonyl (C=O) groups excluding carboxylic acids is 2. The highest BCUT2D eigenvalue weighted by Gasteiger charge is 2.36. The van der Waals surface area contributed by atoms with E-state index in [0.29, 0.717) is 26.8 Å². The fourth-order valence-electron chi connectivity index (χ4n) is 3.63. The predicted octanol–water partition coefficient (Wildman–Crippen LogP) is 4.89. The lowest BCUT2D eigenvalue weighted by molar-refractivity contribution is -0.146. The SMILES string of the molecule is CCOC(=O)CC1Cc2cccc(Cl)c2N(Cc2nc3c(F)c(F)ccc3s2)C1=O. The van der Waals surface area contributed by atoms with E-state index in [2.05, 4.69) is 4.98 Å². The van der Waals surface area contributed by atoms with E-state index >= 15 is 0 Å². The molecule has 0 saturated carbocycles. The van der Waals surface area contributed by atoms with Gasteiger partial charge in [-0.15, -0.1) is 11.3 Å². The second-order valence-corrected chi connectivity index (χ2v) is 8.42. The van der Waals surface area contributed by atoms with Crippen LogP contribution in [0.1, 0.15) is 23.9 Å². The first-order valence-electron chi connectivity index (χ1n) is 9.36. The Balaban J connectivity index is 1.71. The van der Waals surface area contributed by atoms with Gasteiger partial charge in [-0.1, -0.05) is 23.7 Å². The fourth-order valence-corrected chi connectivity index (χ4v) is 4.88. The molecule has 1 aromatic heterocycles. The number of benzene rings is 2. The second kappa shape index (κ2) is 8.28. The summed E-state index contributed by atoms with van der Waals surface area (Å²) in [7, 11) is 0. The van der Waals surface area contributed by atoms with Crippen LogP contribution in [0.25, 0.3) is 10.2 Å². The number of hydrogen-bond donors (Lipinski definition) is 0. The van der Waals surface area contributed by atoms with E-state index in [4.69, 9.17) is 16.3 Å². The van der Waals surface area contributed by atoms with Crippen molar-refractivity contribution in [3.8, 4) is 0 Å². The minimum atomic E-state index is -1.02. The van der Waals surface area contributed by atoms with Gasteiger partial charge in [0.1, 0.15) is 10.5 Å². The molecule has 0 saturated heterocycles. The number of para-hydroxylation sites is 1. The van der Waals surface area contributed by atoms with Gasteiger partial charge in [0.15, 0.2) is 11.6 Å². The third kappa shape index (κ3) is 3.77. The summed E-state index contributed by atoms with van der Waals surface area (Å²) in [6.45, 7) is 1.98. The molecule has 1 atom stereocenters. The number of carbonyl (C=O) groups is 2. The molecule has 2 aromatic carbocycles. The number of halogens is 3. The normalized spacial score (nSPS) is 16.1. The zero-order valence-corrected chi connectivity index (χ0v) is 17.5. The molecule has 0 radical (unpaired) electrons. The molecule has 156 valence electrons. The lowest BCUT2D eigenvalue weighted by atomic mass is 9.89. The third-order valence-electron chi connectivity index (χ3n) is 4.93. The van der Waals surface area contributed by atoms with E-state index in [9.17, 15) is 18.4 Å². The Hall–Kier alpha value is -2.58. The number of amides is 1. The molecular formula is C21H17ClF2N2O3S. The van der Waals surface area contributed by atoms with Gasteiger partial charge >= 0.3 is 5.97 Å². The van der Waals surface area contributed by atoms with Crippen LogP contribution in [0, 0.1) is 17.6 Å². The summed E-state index contributed by atoms with van der Waals surface area (Å²) in [6, 6.07) is 7.82. The van der Waals surface area contributed by atoms with Gasteiger partial charge in [-0.2, -0.15) is 0 Å². The van der Waals surface area contributed by atoms with Gasteiger partial charge in [-0.25, -0.2) is 13.8 Å².